The number of benzene rings is 1. The molecule has 0 saturated carbocycles. The third kappa shape index (κ3) is 2.42. The van der Waals surface area contributed by atoms with Gasteiger partial charge in [-0.15, -0.1) is 11.6 Å². The Morgan fingerprint density at radius 3 is 2.36 bits per heavy atom. The lowest BCUT2D eigenvalue weighted by Gasteiger charge is -2.07. The predicted octanol–water partition coefficient (Wildman–Crippen LogP) is 2.53. The molecule has 1 aromatic carbocycles. The quantitative estimate of drug-likeness (QED) is 0.761. The van der Waals surface area contributed by atoms with Gasteiger partial charge >= 0.3 is 0 Å². The lowest BCUT2D eigenvalue weighted by Crippen LogP contribution is -2.21. The van der Waals surface area contributed by atoms with Crippen LogP contribution in [0.2, 0.25) is 0 Å². The SMILES string of the molecule is C[C@H](Cl)C(=O)Nc1c(F)cccc1F. The highest BCUT2D eigenvalue weighted by Crippen LogP contribution is 2.18. The Labute approximate surface area is 84.9 Å². The fourth-order valence-corrected chi connectivity index (χ4v) is 0.894. The van der Waals surface area contributed by atoms with Crippen LogP contribution in [0, 0.1) is 11.6 Å². The lowest BCUT2D eigenvalue weighted by molar-refractivity contribution is -0.115. The van der Waals surface area contributed by atoms with Gasteiger partial charge in [-0.25, -0.2) is 8.78 Å². The first-order valence-corrected chi connectivity index (χ1v) is 4.35. The number of hydrogen-bond acceptors (Lipinski definition) is 1. The number of anilines is 1. The summed E-state index contributed by atoms with van der Waals surface area (Å²) in [4.78, 5) is 11.0. The molecule has 0 heterocycles. The van der Waals surface area contributed by atoms with Gasteiger partial charge in [0.25, 0.3) is 0 Å². The van der Waals surface area contributed by atoms with Crippen LogP contribution in [0.15, 0.2) is 18.2 Å². The van der Waals surface area contributed by atoms with E-state index in [0.29, 0.717) is 0 Å². The van der Waals surface area contributed by atoms with E-state index in [1.54, 1.807) is 0 Å². The summed E-state index contributed by atoms with van der Waals surface area (Å²) in [5, 5.41) is 1.22. The van der Waals surface area contributed by atoms with E-state index in [-0.39, 0.29) is 0 Å². The fourth-order valence-electron chi connectivity index (χ4n) is 0.840. The molecule has 0 aliphatic carbocycles. The molecule has 0 aliphatic heterocycles. The molecule has 0 saturated heterocycles. The van der Waals surface area contributed by atoms with Crippen LogP contribution >= 0.6 is 11.6 Å². The largest absolute Gasteiger partial charge is 0.320 e. The first-order chi connectivity index (χ1) is 6.52. The minimum atomic E-state index is -0.839. The maximum Gasteiger partial charge on any atom is 0.242 e. The third-order valence-corrected chi connectivity index (χ3v) is 1.77. The van der Waals surface area contributed by atoms with E-state index >= 15 is 0 Å². The van der Waals surface area contributed by atoms with Crippen molar-refractivity contribution in [3.63, 3.8) is 0 Å². The van der Waals surface area contributed by atoms with Crippen LogP contribution < -0.4 is 5.32 Å². The van der Waals surface area contributed by atoms with Crippen LogP contribution in [0.25, 0.3) is 0 Å². The number of alkyl halides is 1. The Kier molecular flexibility index (Phi) is 3.41. The minimum Gasteiger partial charge on any atom is -0.320 e. The molecule has 2 nitrogen and oxygen atoms in total. The molecule has 0 aliphatic rings. The molecule has 0 spiro atoms. The zero-order valence-corrected chi connectivity index (χ0v) is 8.11. The number of halogens is 3. The average Bonchev–Trinajstić information content (AvgIpc) is 2.11. The number of para-hydroxylation sites is 1. The van der Waals surface area contributed by atoms with Gasteiger partial charge in [0.15, 0.2) is 0 Å². The topological polar surface area (TPSA) is 29.1 Å². The van der Waals surface area contributed by atoms with Crippen LogP contribution in [0.1, 0.15) is 6.92 Å². The summed E-state index contributed by atoms with van der Waals surface area (Å²) in [5.74, 6) is -2.29. The maximum atomic E-state index is 13.0. The highest BCUT2D eigenvalue weighted by molar-refractivity contribution is 6.32. The van der Waals surface area contributed by atoms with Crippen LogP contribution in [0.4, 0.5) is 14.5 Å². The van der Waals surface area contributed by atoms with E-state index in [9.17, 15) is 13.6 Å². The summed E-state index contributed by atoms with van der Waals surface area (Å²) in [6.07, 6.45) is 0. The summed E-state index contributed by atoms with van der Waals surface area (Å²) in [6, 6.07) is 3.32. The zero-order chi connectivity index (χ0) is 10.7. The maximum absolute atomic E-state index is 13.0. The van der Waals surface area contributed by atoms with Crippen molar-refractivity contribution in [2.45, 2.75) is 12.3 Å². The van der Waals surface area contributed by atoms with Crippen molar-refractivity contribution in [2.75, 3.05) is 5.32 Å². The highest BCUT2D eigenvalue weighted by Gasteiger charge is 2.14. The molecule has 1 rings (SSSR count). The van der Waals surface area contributed by atoms with E-state index in [1.807, 2.05) is 0 Å². The molecule has 0 aromatic heterocycles. The van der Waals surface area contributed by atoms with Gasteiger partial charge in [-0.2, -0.15) is 0 Å². The Balaban J connectivity index is 2.91. The Morgan fingerprint density at radius 1 is 1.43 bits per heavy atom. The number of carbonyl (C=O) groups is 1. The average molecular weight is 220 g/mol. The van der Waals surface area contributed by atoms with Crippen molar-refractivity contribution in [3.8, 4) is 0 Å². The van der Waals surface area contributed by atoms with Gasteiger partial charge < -0.3 is 5.32 Å². The first-order valence-electron chi connectivity index (χ1n) is 3.91. The molecule has 1 atom stereocenters. The van der Waals surface area contributed by atoms with Crippen LogP contribution in [-0.4, -0.2) is 11.3 Å². The molecule has 0 bridgehead atoms. The molecular weight excluding hydrogens is 212 g/mol. The van der Waals surface area contributed by atoms with Crippen molar-refractivity contribution >= 4 is 23.2 Å². The number of hydrogen-bond donors (Lipinski definition) is 1. The minimum absolute atomic E-state index is 0.468. The van der Waals surface area contributed by atoms with E-state index in [0.717, 1.165) is 12.1 Å². The Morgan fingerprint density at radius 2 is 1.93 bits per heavy atom. The summed E-state index contributed by atoms with van der Waals surface area (Å²) in [7, 11) is 0. The molecule has 0 unspecified atom stereocenters. The zero-order valence-electron chi connectivity index (χ0n) is 7.35. The van der Waals surface area contributed by atoms with Crippen molar-refractivity contribution in [2.24, 2.45) is 0 Å². The highest BCUT2D eigenvalue weighted by atomic mass is 35.5. The van der Waals surface area contributed by atoms with Gasteiger partial charge in [-0.05, 0) is 19.1 Å². The van der Waals surface area contributed by atoms with Crippen molar-refractivity contribution in [1.82, 2.24) is 0 Å². The predicted molar refractivity (Wildman–Crippen MR) is 50.3 cm³/mol. The van der Waals surface area contributed by atoms with Crippen LogP contribution in [0.3, 0.4) is 0 Å². The van der Waals surface area contributed by atoms with Crippen molar-refractivity contribution in [1.29, 1.82) is 0 Å². The van der Waals surface area contributed by atoms with Crippen molar-refractivity contribution < 1.29 is 13.6 Å². The third-order valence-electron chi connectivity index (χ3n) is 1.57. The van der Waals surface area contributed by atoms with Gasteiger partial charge in [-0.3, -0.25) is 4.79 Å². The second-order valence-electron chi connectivity index (χ2n) is 2.70. The number of carbonyl (C=O) groups excluding carboxylic acids is 1. The molecule has 1 amide bonds. The molecule has 14 heavy (non-hydrogen) atoms. The summed E-state index contributed by atoms with van der Waals surface area (Å²) >= 11 is 5.43. The molecule has 1 N–H and O–H groups in total. The molecule has 1 aromatic rings. The van der Waals surface area contributed by atoms with Crippen molar-refractivity contribution in [3.05, 3.63) is 29.8 Å². The van der Waals surface area contributed by atoms with Crippen LogP contribution in [0.5, 0.6) is 0 Å². The number of amides is 1. The van der Waals surface area contributed by atoms with E-state index in [4.69, 9.17) is 11.6 Å². The Bertz CT molecular complexity index is 334. The lowest BCUT2D eigenvalue weighted by atomic mass is 10.3. The van der Waals surface area contributed by atoms with E-state index in [1.165, 1.54) is 13.0 Å². The Hall–Kier alpha value is -1.16. The van der Waals surface area contributed by atoms with Gasteiger partial charge in [-0.1, -0.05) is 6.07 Å². The first kappa shape index (κ1) is 10.9. The van der Waals surface area contributed by atoms with Gasteiger partial charge in [0.1, 0.15) is 22.7 Å². The van der Waals surface area contributed by atoms with Gasteiger partial charge in [0.05, 0.1) is 0 Å². The van der Waals surface area contributed by atoms with Gasteiger partial charge in [0, 0.05) is 0 Å². The second kappa shape index (κ2) is 4.37. The number of nitrogens with one attached hydrogen (secondary N) is 1. The summed E-state index contributed by atoms with van der Waals surface area (Å²) in [6.45, 7) is 1.41. The van der Waals surface area contributed by atoms with E-state index < -0.39 is 28.6 Å². The van der Waals surface area contributed by atoms with Crippen LogP contribution in [-0.2, 0) is 4.79 Å². The molecule has 0 radical (unpaired) electrons. The number of rotatable bonds is 2. The molecule has 5 heteroatoms. The fraction of sp³-hybridized carbons (Fsp3) is 0.222. The van der Waals surface area contributed by atoms with E-state index in [2.05, 4.69) is 5.32 Å². The monoisotopic (exact) mass is 219 g/mol. The van der Waals surface area contributed by atoms with Gasteiger partial charge in [0.2, 0.25) is 5.91 Å². The summed E-state index contributed by atoms with van der Waals surface area (Å²) < 4.78 is 26.0. The normalized spacial score (nSPS) is 12.3. The summed E-state index contributed by atoms with van der Waals surface area (Å²) in [5.41, 5.74) is -0.468. The molecule has 76 valence electrons. The molecule has 0 fully saturated rings. The standard InChI is InChI=1S/C9H8ClF2NO/c1-5(10)9(14)13-8-6(11)3-2-4-7(8)12/h2-5H,1H3,(H,13,14)/t5-/m0/s1. The second-order valence-corrected chi connectivity index (χ2v) is 3.36. The molecular formula is C9H8ClF2NO. The smallest absolute Gasteiger partial charge is 0.242 e.